The molecule has 0 aromatic carbocycles. The molecule has 2 rings (SSSR count). The van der Waals surface area contributed by atoms with Gasteiger partial charge in [0.05, 0.1) is 20.3 Å². The zero-order chi connectivity index (χ0) is 10.7. The Morgan fingerprint density at radius 1 is 1.00 bits per heavy atom. The van der Waals surface area contributed by atoms with Gasteiger partial charge >= 0.3 is 0 Å². The van der Waals surface area contributed by atoms with Crippen molar-refractivity contribution in [2.75, 3.05) is 14.2 Å². The Labute approximate surface area is 87.3 Å². The van der Waals surface area contributed by atoms with E-state index in [0.29, 0.717) is 17.7 Å². The molecule has 2 heterocycles. The molecule has 78 valence electrons. The van der Waals surface area contributed by atoms with Crippen LogP contribution in [0, 0.1) is 0 Å². The Balaban J connectivity index is 2.47. The van der Waals surface area contributed by atoms with Crippen molar-refractivity contribution in [3.8, 4) is 17.7 Å². The van der Waals surface area contributed by atoms with E-state index in [4.69, 9.17) is 9.47 Å². The van der Waals surface area contributed by atoms with Crippen molar-refractivity contribution in [3.63, 3.8) is 0 Å². The summed E-state index contributed by atoms with van der Waals surface area (Å²) >= 11 is 0. The average molecular weight is 205 g/mol. The first-order chi connectivity index (χ1) is 7.33. The molecule has 0 radical (unpaired) electrons. The minimum Gasteiger partial charge on any atom is -0.481 e. The first-order valence-electron chi connectivity index (χ1n) is 4.44. The molecule has 0 bridgehead atoms. The van der Waals surface area contributed by atoms with E-state index >= 15 is 0 Å². The van der Waals surface area contributed by atoms with Crippen LogP contribution in [0.15, 0.2) is 30.6 Å². The molecule has 0 N–H and O–H groups in total. The van der Waals surface area contributed by atoms with Gasteiger partial charge in [-0.1, -0.05) is 0 Å². The van der Waals surface area contributed by atoms with E-state index in [1.807, 2.05) is 24.5 Å². The standard InChI is InChI=1S/C10H11N3O2/c1-14-8-7-9(15-2)12-10(11-8)13-5-3-4-6-13/h3-7H,1-2H3. The van der Waals surface area contributed by atoms with E-state index < -0.39 is 0 Å². The van der Waals surface area contributed by atoms with Crippen molar-refractivity contribution in [3.05, 3.63) is 30.6 Å². The lowest BCUT2D eigenvalue weighted by Crippen LogP contribution is -2.02. The van der Waals surface area contributed by atoms with Gasteiger partial charge in [0.1, 0.15) is 0 Å². The number of nitrogens with zero attached hydrogens (tertiary/aromatic N) is 3. The monoisotopic (exact) mass is 205 g/mol. The van der Waals surface area contributed by atoms with E-state index in [2.05, 4.69) is 9.97 Å². The third kappa shape index (κ3) is 1.90. The van der Waals surface area contributed by atoms with Gasteiger partial charge in [-0.25, -0.2) is 0 Å². The summed E-state index contributed by atoms with van der Waals surface area (Å²) in [5.41, 5.74) is 0. The van der Waals surface area contributed by atoms with Gasteiger partial charge in [-0.15, -0.1) is 0 Å². The number of rotatable bonds is 3. The van der Waals surface area contributed by atoms with Gasteiger partial charge in [-0.3, -0.25) is 4.57 Å². The molecule has 0 aliphatic rings. The first kappa shape index (κ1) is 9.51. The van der Waals surface area contributed by atoms with E-state index in [9.17, 15) is 0 Å². The first-order valence-corrected chi connectivity index (χ1v) is 4.44. The van der Waals surface area contributed by atoms with Crippen LogP contribution in [0.2, 0.25) is 0 Å². The number of methoxy groups -OCH3 is 2. The third-order valence-electron chi connectivity index (χ3n) is 1.92. The van der Waals surface area contributed by atoms with Gasteiger partial charge in [0.15, 0.2) is 0 Å². The number of hydrogen-bond acceptors (Lipinski definition) is 4. The molecular weight excluding hydrogens is 194 g/mol. The fraction of sp³-hybridized carbons (Fsp3) is 0.200. The molecular formula is C10H11N3O2. The molecule has 2 aromatic rings. The highest BCUT2D eigenvalue weighted by Crippen LogP contribution is 2.16. The summed E-state index contributed by atoms with van der Waals surface area (Å²) in [7, 11) is 3.11. The summed E-state index contributed by atoms with van der Waals surface area (Å²) in [4.78, 5) is 8.38. The van der Waals surface area contributed by atoms with Crippen molar-refractivity contribution in [2.24, 2.45) is 0 Å². The van der Waals surface area contributed by atoms with E-state index in [-0.39, 0.29) is 0 Å². The van der Waals surface area contributed by atoms with Crippen molar-refractivity contribution < 1.29 is 9.47 Å². The lowest BCUT2D eigenvalue weighted by Gasteiger charge is -2.06. The molecule has 0 saturated heterocycles. The Kier molecular flexibility index (Phi) is 2.53. The Morgan fingerprint density at radius 2 is 1.53 bits per heavy atom. The maximum atomic E-state index is 5.05. The summed E-state index contributed by atoms with van der Waals surface area (Å²) in [6.07, 6.45) is 3.71. The quantitative estimate of drug-likeness (QED) is 0.757. The molecule has 0 unspecified atom stereocenters. The lowest BCUT2D eigenvalue weighted by molar-refractivity contribution is 0.370. The second-order valence-corrected chi connectivity index (χ2v) is 2.84. The van der Waals surface area contributed by atoms with Gasteiger partial charge in [0, 0.05) is 12.4 Å². The third-order valence-corrected chi connectivity index (χ3v) is 1.92. The minimum atomic E-state index is 0.477. The van der Waals surface area contributed by atoms with Crippen LogP contribution in [0.5, 0.6) is 11.8 Å². The second-order valence-electron chi connectivity index (χ2n) is 2.84. The van der Waals surface area contributed by atoms with Crippen LogP contribution in [0.25, 0.3) is 5.95 Å². The SMILES string of the molecule is COc1cc(OC)nc(-n2cccc2)n1. The molecule has 5 heteroatoms. The van der Waals surface area contributed by atoms with Gasteiger partial charge in [0.2, 0.25) is 17.7 Å². The van der Waals surface area contributed by atoms with Gasteiger partial charge < -0.3 is 9.47 Å². The van der Waals surface area contributed by atoms with Gasteiger partial charge in [-0.05, 0) is 12.1 Å². The molecule has 0 aliphatic heterocycles. The predicted molar refractivity (Wildman–Crippen MR) is 54.5 cm³/mol. The van der Waals surface area contributed by atoms with Crippen LogP contribution in [0.1, 0.15) is 0 Å². The van der Waals surface area contributed by atoms with Gasteiger partial charge in [-0.2, -0.15) is 9.97 Å². The van der Waals surface area contributed by atoms with Crippen LogP contribution in [-0.2, 0) is 0 Å². The largest absolute Gasteiger partial charge is 0.481 e. The van der Waals surface area contributed by atoms with Crippen LogP contribution < -0.4 is 9.47 Å². The topological polar surface area (TPSA) is 49.2 Å². The zero-order valence-corrected chi connectivity index (χ0v) is 8.54. The predicted octanol–water partition coefficient (Wildman–Crippen LogP) is 1.28. The Bertz CT molecular complexity index is 418. The highest BCUT2D eigenvalue weighted by atomic mass is 16.5. The Morgan fingerprint density at radius 3 is 2.00 bits per heavy atom. The smallest absolute Gasteiger partial charge is 0.240 e. The maximum absolute atomic E-state index is 5.05. The average Bonchev–Trinajstić information content (AvgIpc) is 2.81. The van der Waals surface area contributed by atoms with Crippen LogP contribution in [-0.4, -0.2) is 28.8 Å². The molecule has 0 spiro atoms. The van der Waals surface area contributed by atoms with E-state index in [1.54, 1.807) is 24.9 Å². The second kappa shape index (κ2) is 4.00. The van der Waals surface area contributed by atoms with Crippen LogP contribution in [0.4, 0.5) is 0 Å². The molecule has 5 nitrogen and oxygen atoms in total. The molecule has 0 atom stereocenters. The molecule has 0 fully saturated rings. The highest BCUT2D eigenvalue weighted by Gasteiger charge is 2.05. The molecule has 0 amide bonds. The summed E-state index contributed by atoms with van der Waals surface area (Å²) in [6.45, 7) is 0. The molecule has 2 aromatic heterocycles. The maximum Gasteiger partial charge on any atom is 0.240 e. The van der Waals surface area contributed by atoms with E-state index in [0.717, 1.165) is 0 Å². The van der Waals surface area contributed by atoms with Crippen molar-refractivity contribution >= 4 is 0 Å². The number of hydrogen-bond donors (Lipinski definition) is 0. The zero-order valence-electron chi connectivity index (χ0n) is 8.54. The fourth-order valence-corrected chi connectivity index (χ4v) is 1.18. The van der Waals surface area contributed by atoms with E-state index in [1.165, 1.54) is 0 Å². The fourth-order valence-electron chi connectivity index (χ4n) is 1.18. The lowest BCUT2D eigenvalue weighted by atomic mass is 10.6. The van der Waals surface area contributed by atoms with Crippen molar-refractivity contribution in [1.29, 1.82) is 0 Å². The molecule has 0 aliphatic carbocycles. The number of ether oxygens (including phenoxy) is 2. The van der Waals surface area contributed by atoms with Gasteiger partial charge in [0.25, 0.3) is 0 Å². The van der Waals surface area contributed by atoms with Crippen LogP contribution in [0.3, 0.4) is 0 Å². The summed E-state index contributed by atoms with van der Waals surface area (Å²) < 4.78 is 11.9. The summed E-state index contributed by atoms with van der Waals surface area (Å²) in [6, 6.07) is 5.43. The van der Waals surface area contributed by atoms with Crippen molar-refractivity contribution in [2.45, 2.75) is 0 Å². The highest BCUT2D eigenvalue weighted by molar-refractivity contribution is 5.27. The normalized spacial score (nSPS) is 10.0. The summed E-state index contributed by atoms with van der Waals surface area (Å²) in [5, 5.41) is 0. The minimum absolute atomic E-state index is 0.477. The van der Waals surface area contributed by atoms with Crippen LogP contribution >= 0.6 is 0 Å². The molecule has 0 saturated carbocycles. The van der Waals surface area contributed by atoms with Crippen molar-refractivity contribution in [1.82, 2.24) is 14.5 Å². The Hall–Kier alpha value is -2.04. The molecule has 15 heavy (non-hydrogen) atoms. The number of aromatic nitrogens is 3. The summed E-state index contributed by atoms with van der Waals surface area (Å²) in [5.74, 6) is 1.48.